The van der Waals surface area contributed by atoms with Crippen molar-refractivity contribution in [3.8, 4) is 0 Å². The Balaban J connectivity index is 1.93. The monoisotopic (exact) mass is 298 g/mol. The predicted molar refractivity (Wildman–Crippen MR) is 87.4 cm³/mol. The van der Waals surface area contributed by atoms with Gasteiger partial charge < -0.3 is 16.4 Å². The SMILES string of the molecule is CNc1sc(Nc2ccc3ccccc3c2)nc1C(N)=O. The van der Waals surface area contributed by atoms with E-state index in [4.69, 9.17) is 5.73 Å². The van der Waals surface area contributed by atoms with Crippen LogP contribution in [0.25, 0.3) is 10.8 Å². The molecule has 21 heavy (non-hydrogen) atoms. The summed E-state index contributed by atoms with van der Waals surface area (Å²) >= 11 is 1.35. The third-order valence-corrected chi connectivity index (χ3v) is 4.08. The van der Waals surface area contributed by atoms with Crippen LogP contribution in [0.5, 0.6) is 0 Å². The van der Waals surface area contributed by atoms with Gasteiger partial charge in [-0.25, -0.2) is 4.98 Å². The quantitative estimate of drug-likeness (QED) is 0.691. The lowest BCUT2D eigenvalue weighted by Crippen LogP contribution is -2.13. The maximum absolute atomic E-state index is 11.3. The number of nitrogens with one attached hydrogen (secondary N) is 2. The van der Waals surface area contributed by atoms with E-state index >= 15 is 0 Å². The summed E-state index contributed by atoms with van der Waals surface area (Å²) in [6, 6.07) is 14.2. The maximum Gasteiger partial charge on any atom is 0.270 e. The van der Waals surface area contributed by atoms with E-state index in [1.54, 1.807) is 7.05 Å². The third-order valence-electron chi connectivity index (χ3n) is 3.09. The first-order chi connectivity index (χ1) is 10.2. The molecule has 0 aliphatic heterocycles. The summed E-state index contributed by atoms with van der Waals surface area (Å²) in [7, 11) is 1.74. The van der Waals surface area contributed by atoms with Crippen LogP contribution in [0.3, 0.4) is 0 Å². The van der Waals surface area contributed by atoms with Crippen molar-refractivity contribution in [2.75, 3.05) is 17.7 Å². The van der Waals surface area contributed by atoms with E-state index in [0.717, 1.165) is 11.1 Å². The van der Waals surface area contributed by atoms with Crippen molar-refractivity contribution in [2.45, 2.75) is 0 Å². The van der Waals surface area contributed by atoms with E-state index in [9.17, 15) is 4.79 Å². The molecular formula is C15H14N4OS. The zero-order valence-corrected chi connectivity index (χ0v) is 12.2. The van der Waals surface area contributed by atoms with Crippen LogP contribution >= 0.6 is 11.3 Å². The van der Waals surface area contributed by atoms with Crippen molar-refractivity contribution in [1.29, 1.82) is 0 Å². The van der Waals surface area contributed by atoms with Gasteiger partial charge >= 0.3 is 0 Å². The molecule has 1 amide bonds. The highest BCUT2D eigenvalue weighted by Gasteiger charge is 2.14. The first kappa shape index (κ1) is 13.4. The molecular weight excluding hydrogens is 284 g/mol. The van der Waals surface area contributed by atoms with Crippen LogP contribution in [0.4, 0.5) is 15.8 Å². The molecule has 0 unspecified atom stereocenters. The average Bonchev–Trinajstić information content (AvgIpc) is 2.90. The Labute approximate surface area is 125 Å². The van der Waals surface area contributed by atoms with Gasteiger partial charge in [0.1, 0.15) is 5.00 Å². The molecule has 3 aromatic rings. The molecule has 0 fully saturated rings. The molecule has 0 radical (unpaired) electrons. The third kappa shape index (κ3) is 2.66. The summed E-state index contributed by atoms with van der Waals surface area (Å²) < 4.78 is 0. The Morgan fingerprint density at radius 2 is 1.95 bits per heavy atom. The Bertz CT molecular complexity index is 812. The summed E-state index contributed by atoms with van der Waals surface area (Å²) in [6.45, 7) is 0. The number of amides is 1. The number of anilines is 3. The molecule has 0 saturated carbocycles. The largest absolute Gasteiger partial charge is 0.378 e. The molecule has 3 rings (SSSR count). The van der Waals surface area contributed by atoms with Gasteiger partial charge in [-0.1, -0.05) is 41.7 Å². The van der Waals surface area contributed by atoms with E-state index in [0.29, 0.717) is 10.1 Å². The fourth-order valence-electron chi connectivity index (χ4n) is 2.10. The van der Waals surface area contributed by atoms with E-state index in [2.05, 4.69) is 27.8 Å². The maximum atomic E-state index is 11.3. The minimum atomic E-state index is -0.540. The lowest BCUT2D eigenvalue weighted by atomic mass is 10.1. The second-order valence-corrected chi connectivity index (χ2v) is 5.50. The lowest BCUT2D eigenvalue weighted by molar-refractivity contribution is 0.0997. The highest BCUT2D eigenvalue weighted by molar-refractivity contribution is 7.19. The van der Waals surface area contributed by atoms with Crippen molar-refractivity contribution in [3.05, 3.63) is 48.2 Å². The molecule has 6 heteroatoms. The minimum absolute atomic E-state index is 0.255. The van der Waals surface area contributed by atoms with E-state index in [1.165, 1.54) is 16.7 Å². The van der Waals surface area contributed by atoms with Crippen LogP contribution in [0, 0.1) is 0 Å². The number of carbonyl (C=O) groups excluding carboxylic acids is 1. The zero-order chi connectivity index (χ0) is 14.8. The summed E-state index contributed by atoms with van der Waals surface area (Å²) in [4.78, 5) is 15.5. The lowest BCUT2D eigenvalue weighted by Gasteiger charge is -2.04. The molecule has 1 heterocycles. The van der Waals surface area contributed by atoms with Crippen LogP contribution in [-0.4, -0.2) is 17.9 Å². The number of carbonyl (C=O) groups is 1. The van der Waals surface area contributed by atoms with E-state index in [-0.39, 0.29) is 5.69 Å². The number of fused-ring (bicyclic) bond motifs is 1. The van der Waals surface area contributed by atoms with E-state index in [1.807, 2.05) is 30.3 Å². The Kier molecular flexibility index (Phi) is 3.45. The molecule has 0 aliphatic rings. The van der Waals surface area contributed by atoms with Crippen LogP contribution in [0.1, 0.15) is 10.5 Å². The summed E-state index contributed by atoms with van der Waals surface area (Å²) in [5.41, 5.74) is 6.48. The number of nitrogens with two attached hydrogens (primary N) is 1. The number of aromatic nitrogens is 1. The van der Waals surface area contributed by atoms with Crippen molar-refractivity contribution < 1.29 is 4.79 Å². The summed E-state index contributed by atoms with van der Waals surface area (Å²) in [6.07, 6.45) is 0. The Hall–Kier alpha value is -2.60. The Morgan fingerprint density at radius 1 is 1.19 bits per heavy atom. The van der Waals surface area contributed by atoms with Gasteiger partial charge in [-0.05, 0) is 22.9 Å². The zero-order valence-electron chi connectivity index (χ0n) is 11.4. The first-order valence-corrected chi connectivity index (χ1v) is 7.23. The number of rotatable bonds is 4. The van der Waals surface area contributed by atoms with Crippen LogP contribution < -0.4 is 16.4 Å². The van der Waals surface area contributed by atoms with Gasteiger partial charge in [0, 0.05) is 12.7 Å². The van der Waals surface area contributed by atoms with E-state index < -0.39 is 5.91 Å². The minimum Gasteiger partial charge on any atom is -0.378 e. The van der Waals surface area contributed by atoms with Gasteiger partial charge in [-0.3, -0.25) is 4.79 Å². The number of primary amides is 1. The van der Waals surface area contributed by atoms with Crippen LogP contribution in [0.15, 0.2) is 42.5 Å². The standard InChI is InChI=1S/C15H14N4OS/c1-17-14-12(13(16)20)19-15(21-14)18-11-7-6-9-4-2-3-5-10(9)8-11/h2-8,17H,1H3,(H2,16,20)(H,18,19). The highest BCUT2D eigenvalue weighted by atomic mass is 32.1. The number of nitrogens with zero attached hydrogens (tertiary/aromatic N) is 1. The van der Waals surface area contributed by atoms with Gasteiger partial charge in [0.05, 0.1) is 0 Å². The van der Waals surface area contributed by atoms with Gasteiger partial charge in [0.25, 0.3) is 5.91 Å². The number of benzene rings is 2. The Morgan fingerprint density at radius 3 is 2.62 bits per heavy atom. The molecule has 0 saturated heterocycles. The number of hydrogen-bond acceptors (Lipinski definition) is 5. The molecule has 0 bridgehead atoms. The van der Waals surface area contributed by atoms with Crippen LogP contribution in [-0.2, 0) is 0 Å². The van der Waals surface area contributed by atoms with Gasteiger partial charge in [0.2, 0.25) is 0 Å². The fourth-order valence-corrected chi connectivity index (χ4v) is 2.94. The smallest absolute Gasteiger partial charge is 0.270 e. The second-order valence-electron chi connectivity index (χ2n) is 4.50. The molecule has 4 N–H and O–H groups in total. The summed E-state index contributed by atoms with van der Waals surface area (Å²) in [5, 5.41) is 9.74. The number of hydrogen-bond donors (Lipinski definition) is 3. The molecule has 1 aromatic heterocycles. The topological polar surface area (TPSA) is 80.0 Å². The normalized spacial score (nSPS) is 10.5. The first-order valence-electron chi connectivity index (χ1n) is 6.41. The molecule has 106 valence electrons. The van der Waals surface area contributed by atoms with Crippen molar-refractivity contribution in [1.82, 2.24) is 4.98 Å². The van der Waals surface area contributed by atoms with Crippen molar-refractivity contribution >= 4 is 43.8 Å². The molecule has 0 atom stereocenters. The molecule has 5 nitrogen and oxygen atoms in total. The summed E-state index contributed by atoms with van der Waals surface area (Å²) in [5.74, 6) is -0.540. The van der Waals surface area contributed by atoms with Gasteiger partial charge in [-0.15, -0.1) is 0 Å². The number of thiazole rings is 1. The molecule has 0 spiro atoms. The molecule has 0 aliphatic carbocycles. The second kappa shape index (κ2) is 5.41. The van der Waals surface area contributed by atoms with Gasteiger partial charge in [-0.2, -0.15) is 0 Å². The predicted octanol–water partition coefficient (Wildman–Crippen LogP) is 3.18. The average molecular weight is 298 g/mol. The van der Waals surface area contributed by atoms with Crippen molar-refractivity contribution in [3.63, 3.8) is 0 Å². The molecule has 2 aromatic carbocycles. The van der Waals surface area contributed by atoms with Crippen LogP contribution in [0.2, 0.25) is 0 Å². The van der Waals surface area contributed by atoms with Gasteiger partial charge in [0.15, 0.2) is 10.8 Å². The fraction of sp³-hybridized carbons (Fsp3) is 0.0667. The van der Waals surface area contributed by atoms with Crippen molar-refractivity contribution in [2.24, 2.45) is 5.73 Å². The highest BCUT2D eigenvalue weighted by Crippen LogP contribution is 2.30.